The molecule has 1 amide bonds. The third-order valence-corrected chi connectivity index (χ3v) is 9.40. The number of nitriles is 1. The molecule has 2 heterocycles. The van der Waals surface area contributed by atoms with Crippen LogP contribution in [-0.4, -0.2) is 49.0 Å². The van der Waals surface area contributed by atoms with Crippen molar-refractivity contribution in [3.05, 3.63) is 70.7 Å². The van der Waals surface area contributed by atoms with Crippen LogP contribution in [0, 0.1) is 16.7 Å². The molecule has 1 atom stereocenters. The van der Waals surface area contributed by atoms with Gasteiger partial charge in [0, 0.05) is 41.6 Å². The molecule has 0 saturated heterocycles. The van der Waals surface area contributed by atoms with E-state index < -0.39 is 5.92 Å². The first-order chi connectivity index (χ1) is 21.1. The summed E-state index contributed by atoms with van der Waals surface area (Å²) in [7, 11) is 4.64. The maximum Gasteiger partial charge on any atom is 0.234 e. The summed E-state index contributed by atoms with van der Waals surface area (Å²) in [5.74, 6) is 1.06. The van der Waals surface area contributed by atoms with Gasteiger partial charge in [0.2, 0.25) is 11.0 Å². The molecule has 2 aliphatic rings. The number of hydrogen-bond donors (Lipinski definition) is 2. The highest BCUT2D eigenvalue weighted by molar-refractivity contribution is 8.01. The molecule has 0 bridgehead atoms. The Labute approximate surface area is 263 Å². The Kier molecular flexibility index (Phi) is 8.85. The van der Waals surface area contributed by atoms with Gasteiger partial charge in [-0.2, -0.15) is 5.26 Å². The van der Waals surface area contributed by atoms with E-state index in [9.17, 15) is 14.9 Å². The predicted octanol–water partition coefficient (Wildman–Crippen LogP) is 5.24. The number of thioether (sulfide) groups is 1. The van der Waals surface area contributed by atoms with E-state index in [1.807, 2.05) is 38.1 Å². The number of carbonyl (C=O) groups excluding carboxylic acids is 2. The van der Waals surface area contributed by atoms with Crippen LogP contribution in [0.25, 0.3) is 0 Å². The molecule has 3 N–H and O–H groups in total. The number of ether oxygens (including phenoxy) is 3. The Morgan fingerprint density at radius 2 is 1.82 bits per heavy atom. The van der Waals surface area contributed by atoms with E-state index in [0.717, 1.165) is 5.56 Å². The first kappa shape index (κ1) is 30.9. The average molecular weight is 633 g/mol. The highest BCUT2D eigenvalue weighted by Crippen LogP contribution is 2.51. The van der Waals surface area contributed by atoms with E-state index in [-0.39, 0.29) is 34.3 Å². The quantitative estimate of drug-likeness (QED) is 0.298. The SMILES string of the molecule is COc1cc(NC(=O)CSc2nnc(N3C(N)=C(C#N)C(c4cccc(OC)c4)C4=C3CC(C)(C)CC4=O)s2)cc(OC)c1. The lowest BCUT2D eigenvalue weighted by molar-refractivity contribution is -0.118. The topological polar surface area (TPSA) is 153 Å². The number of carbonyl (C=O) groups is 2. The molecular formula is C31H32N6O5S2. The maximum atomic E-state index is 13.8. The molecule has 13 heteroatoms. The van der Waals surface area contributed by atoms with Gasteiger partial charge in [-0.3, -0.25) is 14.5 Å². The third-order valence-electron chi connectivity index (χ3n) is 7.36. The Balaban J connectivity index is 1.44. The minimum Gasteiger partial charge on any atom is -0.497 e. The second-order valence-corrected chi connectivity index (χ2v) is 13.2. The van der Waals surface area contributed by atoms with Crippen LogP contribution in [-0.2, 0) is 9.59 Å². The van der Waals surface area contributed by atoms with Crippen LogP contribution in [0.5, 0.6) is 17.2 Å². The van der Waals surface area contributed by atoms with Crippen LogP contribution in [0.15, 0.2) is 69.5 Å². The van der Waals surface area contributed by atoms with Crippen LogP contribution < -0.4 is 30.2 Å². The third kappa shape index (κ3) is 6.22. The molecule has 44 heavy (non-hydrogen) atoms. The van der Waals surface area contributed by atoms with E-state index >= 15 is 0 Å². The van der Waals surface area contributed by atoms with Crippen molar-refractivity contribution in [2.24, 2.45) is 11.1 Å². The minimum absolute atomic E-state index is 0.0423. The van der Waals surface area contributed by atoms with Crippen LogP contribution in [0.4, 0.5) is 10.8 Å². The van der Waals surface area contributed by atoms with E-state index in [2.05, 4.69) is 21.6 Å². The van der Waals surface area contributed by atoms with Crippen LogP contribution >= 0.6 is 23.1 Å². The Morgan fingerprint density at radius 1 is 1.11 bits per heavy atom. The molecule has 0 fully saturated rings. The molecule has 1 aromatic heterocycles. The zero-order chi connectivity index (χ0) is 31.6. The fourth-order valence-electron chi connectivity index (χ4n) is 5.44. The van der Waals surface area contributed by atoms with Crippen LogP contribution in [0.2, 0.25) is 0 Å². The van der Waals surface area contributed by atoms with Crippen molar-refractivity contribution >= 4 is 45.6 Å². The van der Waals surface area contributed by atoms with Crippen molar-refractivity contribution in [2.45, 2.75) is 36.9 Å². The number of nitrogens with two attached hydrogens (primary N) is 1. The number of rotatable bonds is 9. The average Bonchev–Trinajstić information content (AvgIpc) is 3.47. The number of hydrogen-bond acceptors (Lipinski definition) is 12. The van der Waals surface area contributed by atoms with Crippen molar-refractivity contribution in [3.8, 4) is 23.3 Å². The van der Waals surface area contributed by atoms with E-state index in [0.29, 0.717) is 56.5 Å². The fourth-order valence-corrected chi connectivity index (χ4v) is 7.12. The molecule has 1 unspecified atom stereocenters. The summed E-state index contributed by atoms with van der Waals surface area (Å²) in [5.41, 5.74) is 9.16. The first-order valence-corrected chi connectivity index (χ1v) is 15.5. The number of nitrogens with zero attached hydrogens (tertiary/aromatic N) is 4. The Morgan fingerprint density at radius 3 is 2.48 bits per heavy atom. The summed E-state index contributed by atoms with van der Waals surface area (Å²) in [6.07, 6.45) is 0.882. The second kappa shape index (κ2) is 12.6. The second-order valence-electron chi connectivity index (χ2n) is 11.0. The van der Waals surface area contributed by atoms with Crippen molar-refractivity contribution < 1.29 is 23.8 Å². The fraction of sp³-hybridized carbons (Fsp3) is 0.323. The lowest BCUT2D eigenvalue weighted by Crippen LogP contribution is -2.42. The van der Waals surface area contributed by atoms with Gasteiger partial charge >= 0.3 is 0 Å². The molecule has 3 aromatic rings. The number of amides is 1. The number of methoxy groups -OCH3 is 3. The van der Waals surface area contributed by atoms with Gasteiger partial charge in [-0.25, -0.2) is 0 Å². The predicted molar refractivity (Wildman–Crippen MR) is 169 cm³/mol. The van der Waals surface area contributed by atoms with Gasteiger partial charge in [0.1, 0.15) is 23.1 Å². The molecule has 2 aromatic carbocycles. The summed E-state index contributed by atoms with van der Waals surface area (Å²) in [5, 5.41) is 22.2. The monoisotopic (exact) mass is 632 g/mol. The van der Waals surface area contributed by atoms with Gasteiger partial charge < -0.3 is 25.3 Å². The van der Waals surface area contributed by atoms with Crippen molar-refractivity contribution in [1.29, 1.82) is 5.26 Å². The summed E-state index contributed by atoms with van der Waals surface area (Å²) in [6.45, 7) is 4.07. The summed E-state index contributed by atoms with van der Waals surface area (Å²) >= 11 is 2.45. The molecule has 5 rings (SSSR count). The summed E-state index contributed by atoms with van der Waals surface area (Å²) in [6, 6.07) is 14.7. The van der Waals surface area contributed by atoms with Crippen molar-refractivity contribution in [1.82, 2.24) is 10.2 Å². The molecule has 11 nitrogen and oxygen atoms in total. The number of allylic oxidation sites excluding steroid dienone is 3. The maximum absolute atomic E-state index is 13.8. The zero-order valence-electron chi connectivity index (χ0n) is 25.0. The standard InChI is InChI=1S/C31H32N6O5S2/c1-31(2)13-23-27(24(38)14-31)26(17-7-6-8-19(9-17)40-3)22(15-32)28(33)37(23)29-35-36-30(44-29)43-16-25(39)34-18-10-20(41-4)12-21(11-18)42-5/h6-12,26H,13-14,16,33H2,1-5H3,(H,34,39). The van der Waals surface area contributed by atoms with E-state index in [1.165, 1.54) is 37.3 Å². The summed E-state index contributed by atoms with van der Waals surface area (Å²) in [4.78, 5) is 28.2. The van der Waals surface area contributed by atoms with Gasteiger partial charge in [0.25, 0.3) is 0 Å². The number of aromatic nitrogens is 2. The van der Waals surface area contributed by atoms with Gasteiger partial charge in [0.15, 0.2) is 10.1 Å². The van der Waals surface area contributed by atoms with Crippen molar-refractivity contribution in [2.75, 3.05) is 37.3 Å². The van der Waals surface area contributed by atoms with Crippen LogP contribution in [0.1, 0.15) is 38.2 Å². The zero-order valence-corrected chi connectivity index (χ0v) is 26.6. The van der Waals surface area contributed by atoms with E-state index in [4.69, 9.17) is 19.9 Å². The van der Waals surface area contributed by atoms with Crippen LogP contribution in [0.3, 0.4) is 0 Å². The number of anilines is 2. The number of benzene rings is 2. The first-order valence-electron chi connectivity index (χ1n) is 13.7. The van der Waals surface area contributed by atoms with Gasteiger partial charge in [-0.05, 0) is 29.5 Å². The Bertz CT molecular complexity index is 1700. The molecule has 1 aliphatic carbocycles. The number of ketones is 1. The molecule has 0 radical (unpaired) electrons. The summed E-state index contributed by atoms with van der Waals surface area (Å²) < 4.78 is 16.5. The minimum atomic E-state index is -0.634. The molecule has 1 aliphatic heterocycles. The van der Waals surface area contributed by atoms with Gasteiger partial charge in [-0.15, -0.1) is 10.2 Å². The van der Waals surface area contributed by atoms with Gasteiger partial charge in [-0.1, -0.05) is 49.1 Å². The normalized spacial score (nSPS) is 17.6. The Hall–Kier alpha value is -4.54. The van der Waals surface area contributed by atoms with Gasteiger partial charge in [0.05, 0.1) is 44.6 Å². The van der Waals surface area contributed by atoms with Crippen molar-refractivity contribution in [3.63, 3.8) is 0 Å². The smallest absolute Gasteiger partial charge is 0.234 e. The highest BCUT2D eigenvalue weighted by Gasteiger charge is 2.45. The van der Waals surface area contributed by atoms with E-state index in [1.54, 1.807) is 30.2 Å². The molecule has 228 valence electrons. The number of Topliss-reactive ketones (excluding diaryl/α,β-unsaturated/α-hetero) is 1. The molecular weight excluding hydrogens is 601 g/mol. The lowest BCUT2D eigenvalue weighted by atomic mass is 9.68. The number of nitrogens with one attached hydrogen (secondary N) is 1. The lowest BCUT2D eigenvalue weighted by Gasteiger charge is -2.42. The molecule has 0 saturated carbocycles. The largest absolute Gasteiger partial charge is 0.497 e. The molecule has 0 spiro atoms. The highest BCUT2D eigenvalue weighted by atomic mass is 32.2.